The third-order valence-corrected chi connectivity index (χ3v) is 4.83. The Labute approximate surface area is 147 Å². The molecule has 1 fully saturated rings. The minimum atomic E-state index is -0.350. The number of piperidine rings is 1. The number of rotatable bonds is 5. The van der Waals surface area contributed by atoms with Crippen molar-refractivity contribution >= 4 is 5.91 Å². The molecule has 0 spiro atoms. The zero-order valence-electron chi connectivity index (χ0n) is 14.7. The molecule has 1 aliphatic rings. The van der Waals surface area contributed by atoms with Crippen LogP contribution in [0.25, 0.3) is 0 Å². The fourth-order valence-electron chi connectivity index (χ4n) is 3.15. The van der Waals surface area contributed by atoms with Crippen LogP contribution in [0.1, 0.15) is 24.2 Å². The van der Waals surface area contributed by atoms with E-state index in [1.165, 1.54) is 6.07 Å². The van der Waals surface area contributed by atoms with Gasteiger partial charge in [-0.05, 0) is 38.8 Å². The van der Waals surface area contributed by atoms with Crippen LogP contribution in [-0.2, 0) is 11.3 Å². The lowest BCUT2D eigenvalue weighted by Gasteiger charge is -2.33. The summed E-state index contributed by atoms with van der Waals surface area (Å²) >= 11 is 0. The Morgan fingerprint density at radius 2 is 2.16 bits per heavy atom. The van der Waals surface area contributed by atoms with E-state index in [1.807, 2.05) is 23.3 Å². The molecule has 3 rings (SSSR count). The first-order chi connectivity index (χ1) is 12.0. The maximum absolute atomic E-state index is 13.6. The first kappa shape index (κ1) is 17.5. The minimum absolute atomic E-state index is 0.0936. The molecule has 1 aromatic heterocycles. The second-order valence-electron chi connectivity index (χ2n) is 6.63. The summed E-state index contributed by atoms with van der Waals surface area (Å²) in [5.74, 6) is 0.242. The van der Waals surface area contributed by atoms with Gasteiger partial charge in [-0.3, -0.25) is 4.79 Å². The molecule has 1 aromatic carbocycles. The van der Waals surface area contributed by atoms with Crippen LogP contribution in [0.2, 0.25) is 0 Å². The van der Waals surface area contributed by atoms with Gasteiger partial charge in [-0.15, -0.1) is 0 Å². The van der Waals surface area contributed by atoms with Gasteiger partial charge in [0.2, 0.25) is 5.91 Å². The standard InChI is InChI=1S/C19H24FN3O2/c1-14-15(2)23(13-21-14)11-19(24)22-9-5-6-16(10-22)12-25-18-8-4-3-7-17(18)20/h3-4,7-8,13,16H,5-6,9-12H2,1-2H3/t16-/m1/s1. The van der Waals surface area contributed by atoms with Crippen molar-refractivity contribution in [2.24, 2.45) is 5.92 Å². The number of amides is 1. The smallest absolute Gasteiger partial charge is 0.242 e. The molecule has 2 aromatic rings. The van der Waals surface area contributed by atoms with E-state index in [-0.39, 0.29) is 23.4 Å². The topological polar surface area (TPSA) is 47.4 Å². The Morgan fingerprint density at radius 1 is 1.36 bits per heavy atom. The van der Waals surface area contributed by atoms with Gasteiger partial charge in [0, 0.05) is 24.7 Å². The Kier molecular flexibility index (Phi) is 5.36. The van der Waals surface area contributed by atoms with Gasteiger partial charge in [-0.25, -0.2) is 9.37 Å². The van der Waals surface area contributed by atoms with E-state index >= 15 is 0 Å². The average Bonchev–Trinajstić information content (AvgIpc) is 2.93. The van der Waals surface area contributed by atoms with E-state index in [9.17, 15) is 9.18 Å². The number of ether oxygens (including phenoxy) is 1. The summed E-state index contributed by atoms with van der Waals surface area (Å²) in [5.41, 5.74) is 1.97. The first-order valence-electron chi connectivity index (χ1n) is 8.68. The fraction of sp³-hybridized carbons (Fsp3) is 0.474. The monoisotopic (exact) mass is 345 g/mol. The Balaban J connectivity index is 1.54. The van der Waals surface area contributed by atoms with Crippen LogP contribution in [0, 0.1) is 25.6 Å². The maximum Gasteiger partial charge on any atom is 0.242 e. The molecule has 0 saturated carbocycles. The molecule has 2 heterocycles. The predicted molar refractivity (Wildman–Crippen MR) is 92.9 cm³/mol. The van der Waals surface area contributed by atoms with Crippen molar-refractivity contribution in [2.45, 2.75) is 33.2 Å². The Morgan fingerprint density at radius 3 is 2.88 bits per heavy atom. The molecule has 0 aliphatic carbocycles. The molecular formula is C19H24FN3O2. The van der Waals surface area contributed by atoms with Crippen LogP contribution in [0.3, 0.4) is 0 Å². The number of carbonyl (C=O) groups is 1. The summed E-state index contributed by atoms with van der Waals surface area (Å²) < 4.78 is 21.1. The lowest BCUT2D eigenvalue weighted by molar-refractivity contribution is -0.133. The second-order valence-corrected chi connectivity index (χ2v) is 6.63. The molecule has 25 heavy (non-hydrogen) atoms. The molecule has 0 N–H and O–H groups in total. The quantitative estimate of drug-likeness (QED) is 0.837. The van der Waals surface area contributed by atoms with Gasteiger partial charge in [-0.2, -0.15) is 0 Å². The van der Waals surface area contributed by atoms with Crippen LogP contribution in [0.5, 0.6) is 5.75 Å². The minimum Gasteiger partial charge on any atom is -0.490 e. The zero-order valence-corrected chi connectivity index (χ0v) is 14.7. The van der Waals surface area contributed by atoms with Crippen molar-refractivity contribution in [3.05, 3.63) is 47.8 Å². The van der Waals surface area contributed by atoms with E-state index in [2.05, 4.69) is 4.98 Å². The SMILES string of the molecule is Cc1ncn(CC(=O)N2CCC[C@@H](COc3ccccc3F)C2)c1C. The lowest BCUT2D eigenvalue weighted by atomic mass is 9.99. The van der Waals surface area contributed by atoms with Crippen molar-refractivity contribution in [1.29, 1.82) is 0 Å². The predicted octanol–water partition coefficient (Wildman–Crippen LogP) is 2.96. The highest BCUT2D eigenvalue weighted by atomic mass is 19.1. The van der Waals surface area contributed by atoms with Gasteiger partial charge in [0.15, 0.2) is 11.6 Å². The van der Waals surface area contributed by atoms with Crippen molar-refractivity contribution < 1.29 is 13.9 Å². The molecule has 1 saturated heterocycles. The summed E-state index contributed by atoms with van der Waals surface area (Å²) in [7, 11) is 0. The van der Waals surface area contributed by atoms with Crippen molar-refractivity contribution in [1.82, 2.24) is 14.5 Å². The van der Waals surface area contributed by atoms with Crippen LogP contribution in [-0.4, -0.2) is 40.1 Å². The van der Waals surface area contributed by atoms with Gasteiger partial charge in [-0.1, -0.05) is 12.1 Å². The van der Waals surface area contributed by atoms with Crippen LogP contribution in [0.15, 0.2) is 30.6 Å². The lowest BCUT2D eigenvalue weighted by Crippen LogP contribution is -2.43. The van der Waals surface area contributed by atoms with Gasteiger partial charge in [0.1, 0.15) is 6.54 Å². The highest BCUT2D eigenvalue weighted by molar-refractivity contribution is 5.76. The molecule has 5 nitrogen and oxygen atoms in total. The Hall–Kier alpha value is -2.37. The molecule has 6 heteroatoms. The number of nitrogens with zero attached hydrogens (tertiary/aromatic N) is 3. The summed E-state index contributed by atoms with van der Waals surface area (Å²) in [6.07, 6.45) is 3.64. The normalized spacial score (nSPS) is 17.6. The third kappa shape index (κ3) is 4.18. The molecule has 0 unspecified atom stereocenters. The zero-order chi connectivity index (χ0) is 17.8. The fourth-order valence-corrected chi connectivity index (χ4v) is 3.15. The highest BCUT2D eigenvalue weighted by Gasteiger charge is 2.24. The highest BCUT2D eigenvalue weighted by Crippen LogP contribution is 2.21. The maximum atomic E-state index is 13.6. The molecule has 0 radical (unpaired) electrons. The number of para-hydroxylation sites is 1. The van der Waals surface area contributed by atoms with Crippen molar-refractivity contribution in [2.75, 3.05) is 19.7 Å². The van der Waals surface area contributed by atoms with Gasteiger partial charge in [0.25, 0.3) is 0 Å². The van der Waals surface area contributed by atoms with Crippen LogP contribution in [0.4, 0.5) is 4.39 Å². The van der Waals surface area contributed by atoms with Gasteiger partial charge < -0.3 is 14.2 Å². The van der Waals surface area contributed by atoms with Gasteiger partial charge >= 0.3 is 0 Å². The summed E-state index contributed by atoms with van der Waals surface area (Å²) in [6.45, 7) is 6.06. The van der Waals surface area contributed by atoms with Crippen molar-refractivity contribution in [3.63, 3.8) is 0 Å². The number of hydrogen-bond acceptors (Lipinski definition) is 3. The summed E-state index contributed by atoms with van der Waals surface area (Å²) in [6, 6.07) is 6.42. The average molecular weight is 345 g/mol. The molecule has 1 atom stereocenters. The van der Waals surface area contributed by atoms with Crippen LogP contribution >= 0.6 is 0 Å². The van der Waals surface area contributed by atoms with E-state index in [1.54, 1.807) is 24.5 Å². The first-order valence-corrected chi connectivity index (χ1v) is 8.68. The Bertz CT molecular complexity index is 744. The number of hydrogen-bond donors (Lipinski definition) is 0. The molecular weight excluding hydrogens is 321 g/mol. The van der Waals surface area contributed by atoms with Crippen LogP contribution < -0.4 is 4.74 Å². The molecule has 1 aliphatic heterocycles. The number of aryl methyl sites for hydroxylation is 1. The number of carbonyl (C=O) groups excluding carboxylic acids is 1. The summed E-state index contributed by atoms with van der Waals surface area (Å²) in [4.78, 5) is 18.7. The van der Waals surface area contributed by atoms with E-state index < -0.39 is 0 Å². The largest absolute Gasteiger partial charge is 0.490 e. The third-order valence-electron chi connectivity index (χ3n) is 4.83. The van der Waals surface area contributed by atoms with E-state index in [4.69, 9.17) is 4.74 Å². The number of imidazole rings is 1. The summed E-state index contributed by atoms with van der Waals surface area (Å²) in [5, 5.41) is 0. The van der Waals surface area contributed by atoms with Gasteiger partial charge in [0.05, 0.1) is 18.6 Å². The number of halogens is 1. The number of aromatic nitrogens is 2. The second kappa shape index (κ2) is 7.68. The molecule has 1 amide bonds. The number of likely N-dealkylation sites (tertiary alicyclic amines) is 1. The molecule has 0 bridgehead atoms. The van der Waals surface area contributed by atoms with E-state index in [0.717, 1.165) is 30.8 Å². The molecule has 134 valence electrons. The number of benzene rings is 1. The van der Waals surface area contributed by atoms with Crippen molar-refractivity contribution in [3.8, 4) is 5.75 Å². The van der Waals surface area contributed by atoms with E-state index in [0.29, 0.717) is 19.7 Å².